The Morgan fingerprint density at radius 3 is 2.14 bits per heavy atom. The van der Waals surface area contributed by atoms with Crippen LogP contribution < -0.4 is 5.32 Å². The maximum absolute atomic E-state index is 10.9. The number of rotatable bonds is 2. The van der Waals surface area contributed by atoms with Gasteiger partial charge in [0.15, 0.2) is 0 Å². The van der Waals surface area contributed by atoms with E-state index in [0.717, 1.165) is 23.1 Å². The van der Waals surface area contributed by atoms with Gasteiger partial charge in [-0.25, -0.2) is 0 Å². The summed E-state index contributed by atoms with van der Waals surface area (Å²) in [5.74, 6) is -0.102. The van der Waals surface area contributed by atoms with E-state index in [0.29, 0.717) is 5.56 Å². The number of nitrogens with one attached hydrogen (secondary N) is 1. The second-order valence-corrected chi connectivity index (χ2v) is 3.33. The molecular weight excluding hydrogens is 178 g/mol. The fourth-order valence-electron chi connectivity index (χ4n) is 1.44. The summed E-state index contributed by atoms with van der Waals surface area (Å²) in [6.45, 7) is 5.20. The van der Waals surface area contributed by atoms with Crippen LogP contribution in [0.4, 0.5) is 5.69 Å². The van der Waals surface area contributed by atoms with E-state index in [-0.39, 0.29) is 5.91 Å². The smallest absolute Gasteiger partial charge is 0.221 e. The third-order valence-electron chi connectivity index (χ3n) is 1.99. The first kappa shape index (κ1) is 10.4. The zero-order chi connectivity index (χ0) is 10.7. The van der Waals surface area contributed by atoms with Crippen LogP contribution in [0.25, 0.3) is 0 Å². The zero-order valence-corrected chi connectivity index (χ0v) is 8.55. The molecule has 0 saturated carbocycles. The van der Waals surface area contributed by atoms with E-state index in [1.807, 2.05) is 13.8 Å². The summed E-state index contributed by atoms with van der Waals surface area (Å²) in [7, 11) is 0. The van der Waals surface area contributed by atoms with Crippen LogP contribution in [0.5, 0.6) is 0 Å². The molecule has 0 heterocycles. The molecule has 0 saturated heterocycles. The van der Waals surface area contributed by atoms with E-state index >= 15 is 0 Å². The molecule has 0 aliphatic rings. The first-order chi connectivity index (χ1) is 6.54. The summed E-state index contributed by atoms with van der Waals surface area (Å²) in [5, 5.41) is 2.74. The maximum Gasteiger partial charge on any atom is 0.221 e. The number of aldehydes is 1. The third kappa shape index (κ3) is 2.19. The van der Waals surface area contributed by atoms with Crippen LogP contribution in [-0.2, 0) is 4.79 Å². The summed E-state index contributed by atoms with van der Waals surface area (Å²) in [6, 6.07) is 3.51. The van der Waals surface area contributed by atoms with Gasteiger partial charge in [-0.15, -0.1) is 0 Å². The highest BCUT2D eigenvalue weighted by Gasteiger charge is 2.05. The van der Waals surface area contributed by atoms with Gasteiger partial charge < -0.3 is 5.32 Å². The van der Waals surface area contributed by atoms with Gasteiger partial charge in [0.1, 0.15) is 6.29 Å². The molecule has 0 radical (unpaired) electrons. The van der Waals surface area contributed by atoms with Crippen LogP contribution in [0.3, 0.4) is 0 Å². The Bertz CT molecular complexity index is 360. The van der Waals surface area contributed by atoms with Gasteiger partial charge in [0.25, 0.3) is 0 Å². The molecule has 0 spiro atoms. The summed E-state index contributed by atoms with van der Waals surface area (Å²) in [4.78, 5) is 21.4. The minimum absolute atomic E-state index is 0.102. The van der Waals surface area contributed by atoms with Crippen molar-refractivity contribution in [1.82, 2.24) is 0 Å². The SMILES string of the molecule is CC(=O)Nc1c(C)cc(C=O)cc1C. The maximum atomic E-state index is 10.9. The van der Waals surface area contributed by atoms with Gasteiger partial charge >= 0.3 is 0 Å². The van der Waals surface area contributed by atoms with Gasteiger partial charge in [0.2, 0.25) is 5.91 Å². The average Bonchev–Trinajstić information content (AvgIpc) is 2.10. The van der Waals surface area contributed by atoms with E-state index in [9.17, 15) is 9.59 Å². The van der Waals surface area contributed by atoms with Crippen molar-refractivity contribution in [2.45, 2.75) is 20.8 Å². The van der Waals surface area contributed by atoms with Crippen molar-refractivity contribution in [1.29, 1.82) is 0 Å². The molecule has 0 fully saturated rings. The number of hydrogen-bond acceptors (Lipinski definition) is 2. The fourth-order valence-corrected chi connectivity index (χ4v) is 1.44. The molecule has 1 N–H and O–H groups in total. The van der Waals surface area contributed by atoms with Crippen molar-refractivity contribution in [2.24, 2.45) is 0 Å². The van der Waals surface area contributed by atoms with Crippen LogP contribution in [0.15, 0.2) is 12.1 Å². The Morgan fingerprint density at radius 2 is 1.79 bits per heavy atom. The van der Waals surface area contributed by atoms with Gasteiger partial charge in [-0.3, -0.25) is 9.59 Å². The van der Waals surface area contributed by atoms with Crippen molar-refractivity contribution in [3.8, 4) is 0 Å². The third-order valence-corrected chi connectivity index (χ3v) is 1.99. The molecule has 0 aromatic heterocycles. The number of amides is 1. The van der Waals surface area contributed by atoms with Gasteiger partial charge in [-0.05, 0) is 37.1 Å². The molecule has 0 atom stereocenters. The monoisotopic (exact) mass is 191 g/mol. The number of aryl methyl sites for hydroxylation is 2. The van der Waals surface area contributed by atoms with E-state index < -0.39 is 0 Å². The Kier molecular flexibility index (Phi) is 3.02. The summed E-state index contributed by atoms with van der Waals surface area (Å²) >= 11 is 0. The molecule has 0 aliphatic heterocycles. The molecule has 0 aliphatic carbocycles. The molecule has 1 aromatic carbocycles. The van der Waals surface area contributed by atoms with Crippen LogP contribution in [-0.4, -0.2) is 12.2 Å². The van der Waals surface area contributed by atoms with Crippen molar-refractivity contribution < 1.29 is 9.59 Å². The minimum Gasteiger partial charge on any atom is -0.326 e. The average molecular weight is 191 g/mol. The Balaban J connectivity index is 3.17. The van der Waals surface area contributed by atoms with Crippen LogP contribution in [0.2, 0.25) is 0 Å². The molecule has 3 nitrogen and oxygen atoms in total. The van der Waals surface area contributed by atoms with Crippen LogP contribution in [0.1, 0.15) is 28.4 Å². The molecule has 14 heavy (non-hydrogen) atoms. The van der Waals surface area contributed by atoms with Gasteiger partial charge in [-0.2, -0.15) is 0 Å². The highest BCUT2D eigenvalue weighted by Crippen LogP contribution is 2.21. The van der Waals surface area contributed by atoms with E-state index in [1.165, 1.54) is 6.92 Å². The number of benzene rings is 1. The Morgan fingerprint density at radius 1 is 1.29 bits per heavy atom. The predicted molar refractivity (Wildman–Crippen MR) is 55.6 cm³/mol. The highest BCUT2D eigenvalue weighted by atomic mass is 16.1. The van der Waals surface area contributed by atoms with Gasteiger partial charge in [0.05, 0.1) is 0 Å². The highest BCUT2D eigenvalue weighted by molar-refractivity contribution is 5.91. The molecule has 3 heteroatoms. The largest absolute Gasteiger partial charge is 0.326 e. The lowest BCUT2D eigenvalue weighted by Crippen LogP contribution is -2.09. The van der Waals surface area contributed by atoms with E-state index in [2.05, 4.69) is 5.32 Å². The van der Waals surface area contributed by atoms with E-state index in [1.54, 1.807) is 12.1 Å². The lowest BCUT2D eigenvalue weighted by molar-refractivity contribution is -0.114. The summed E-state index contributed by atoms with van der Waals surface area (Å²) < 4.78 is 0. The topological polar surface area (TPSA) is 46.2 Å². The van der Waals surface area contributed by atoms with Crippen molar-refractivity contribution in [3.05, 3.63) is 28.8 Å². The normalized spacial score (nSPS) is 9.64. The Labute approximate surface area is 83.1 Å². The first-order valence-electron chi connectivity index (χ1n) is 4.38. The molecule has 1 aromatic rings. The summed E-state index contributed by atoms with van der Waals surface area (Å²) in [5.41, 5.74) is 3.24. The van der Waals surface area contributed by atoms with Crippen molar-refractivity contribution >= 4 is 17.9 Å². The number of carbonyl (C=O) groups excluding carboxylic acids is 2. The second-order valence-electron chi connectivity index (χ2n) is 3.33. The van der Waals surface area contributed by atoms with Crippen molar-refractivity contribution in [2.75, 3.05) is 5.32 Å². The number of hydrogen-bond donors (Lipinski definition) is 1. The Hall–Kier alpha value is -1.64. The second kappa shape index (κ2) is 4.05. The standard InChI is InChI=1S/C11H13NO2/c1-7-4-10(6-13)5-8(2)11(7)12-9(3)14/h4-6H,1-3H3,(H,12,14). The van der Waals surface area contributed by atoms with Crippen LogP contribution >= 0.6 is 0 Å². The van der Waals surface area contributed by atoms with E-state index in [4.69, 9.17) is 0 Å². The van der Waals surface area contributed by atoms with Crippen molar-refractivity contribution in [3.63, 3.8) is 0 Å². The molecule has 74 valence electrons. The molecule has 1 rings (SSSR count). The summed E-state index contributed by atoms with van der Waals surface area (Å²) in [6.07, 6.45) is 0.803. The molecule has 0 bridgehead atoms. The fraction of sp³-hybridized carbons (Fsp3) is 0.273. The zero-order valence-electron chi connectivity index (χ0n) is 8.55. The lowest BCUT2D eigenvalue weighted by Gasteiger charge is -2.10. The quantitative estimate of drug-likeness (QED) is 0.727. The van der Waals surface area contributed by atoms with Gasteiger partial charge in [-0.1, -0.05) is 0 Å². The predicted octanol–water partition coefficient (Wildman–Crippen LogP) is 2.07. The molecule has 0 unspecified atom stereocenters. The first-order valence-corrected chi connectivity index (χ1v) is 4.38. The van der Waals surface area contributed by atoms with Crippen LogP contribution in [0, 0.1) is 13.8 Å². The van der Waals surface area contributed by atoms with Gasteiger partial charge in [0, 0.05) is 18.2 Å². The lowest BCUT2D eigenvalue weighted by atomic mass is 10.0. The molecule has 1 amide bonds. The minimum atomic E-state index is -0.102. The molecular formula is C11H13NO2. The number of anilines is 1. The number of carbonyl (C=O) groups is 2.